The Bertz CT molecular complexity index is 1530. The number of carbonyl (C=O) groups excluding carboxylic acids is 1. The molecule has 11 nitrogen and oxygen atoms in total. The highest BCUT2D eigenvalue weighted by atomic mass is 32.3. The van der Waals surface area contributed by atoms with Crippen LogP contribution in [0.1, 0.15) is 38.1 Å². The third kappa shape index (κ3) is 7.63. The zero-order chi connectivity index (χ0) is 29.5. The number of hydrogen-bond acceptors (Lipinski definition) is 9. The number of thioether (sulfide) groups is 1. The minimum atomic E-state index is -4.39. The molecule has 0 amide bonds. The summed E-state index contributed by atoms with van der Waals surface area (Å²) in [6, 6.07) is 13.4. The molecule has 0 aliphatic carbocycles. The largest absolute Gasteiger partial charge is 0.515 e. The molecule has 0 unspecified atom stereocenters. The maximum Gasteiger partial charge on any atom is 0.515 e. The predicted molar refractivity (Wildman–Crippen MR) is 154 cm³/mol. The monoisotopic (exact) mass is 610 g/mol. The Morgan fingerprint density at radius 2 is 1.73 bits per heavy atom. The molecule has 3 rings (SSSR count). The standard InChI is InChI=1S/C26H34N4O7S3/c1-6-8-13-23-27-24(38-5)25(37-26(31)36-7-2)30(23)18-19-14-16-20(17-15-19)21-11-9-10-12-22(21)39(32,33)28-40(34,35)29(3)4/h9-12,14-17,28H,6-8,13,18H2,1-5H3. The minimum Gasteiger partial charge on any atom is -0.434 e. The van der Waals surface area contributed by atoms with E-state index in [0.717, 1.165) is 28.5 Å². The maximum atomic E-state index is 13.0. The van der Waals surface area contributed by atoms with Gasteiger partial charge in [0, 0.05) is 26.1 Å². The Labute approximate surface area is 240 Å². The number of ether oxygens (including phenoxy) is 2. The van der Waals surface area contributed by atoms with Gasteiger partial charge >= 0.3 is 6.16 Å². The van der Waals surface area contributed by atoms with Gasteiger partial charge in [0.15, 0.2) is 5.03 Å². The fraction of sp³-hybridized carbons (Fsp3) is 0.385. The third-order valence-electron chi connectivity index (χ3n) is 5.84. The Kier molecular flexibility index (Phi) is 10.8. The molecular weight excluding hydrogens is 577 g/mol. The van der Waals surface area contributed by atoms with Crippen molar-refractivity contribution in [3.63, 3.8) is 0 Å². The molecule has 0 saturated carbocycles. The number of carbonyl (C=O) groups is 1. The maximum absolute atomic E-state index is 13.0. The number of rotatable bonds is 13. The fourth-order valence-electron chi connectivity index (χ4n) is 3.77. The van der Waals surface area contributed by atoms with Gasteiger partial charge in [-0.15, -0.1) is 11.8 Å². The summed E-state index contributed by atoms with van der Waals surface area (Å²) >= 11 is 1.37. The lowest BCUT2D eigenvalue weighted by Gasteiger charge is -2.15. The second-order valence-electron chi connectivity index (χ2n) is 8.88. The summed E-state index contributed by atoms with van der Waals surface area (Å²) in [5.74, 6) is 1.09. The Morgan fingerprint density at radius 1 is 1.05 bits per heavy atom. The van der Waals surface area contributed by atoms with Crippen LogP contribution in [-0.4, -0.2) is 63.8 Å². The van der Waals surface area contributed by atoms with Gasteiger partial charge in [0.25, 0.3) is 20.2 Å². The van der Waals surface area contributed by atoms with E-state index in [-0.39, 0.29) is 11.5 Å². The molecule has 1 aromatic heterocycles. The highest BCUT2D eigenvalue weighted by molar-refractivity contribution is 8.03. The highest BCUT2D eigenvalue weighted by Crippen LogP contribution is 2.32. The Morgan fingerprint density at radius 3 is 2.33 bits per heavy atom. The first-order valence-corrected chi connectivity index (χ1v) is 16.7. The number of aryl methyl sites for hydroxylation is 1. The van der Waals surface area contributed by atoms with Gasteiger partial charge in [-0.1, -0.05) is 59.9 Å². The van der Waals surface area contributed by atoms with Crippen molar-refractivity contribution < 1.29 is 31.1 Å². The van der Waals surface area contributed by atoms with Crippen LogP contribution in [0.5, 0.6) is 5.88 Å². The lowest BCUT2D eigenvalue weighted by atomic mass is 10.0. The zero-order valence-electron chi connectivity index (χ0n) is 23.1. The van der Waals surface area contributed by atoms with Crippen molar-refractivity contribution in [2.45, 2.75) is 49.6 Å². The molecule has 0 fully saturated rings. The molecule has 218 valence electrons. The first-order valence-electron chi connectivity index (χ1n) is 12.6. The summed E-state index contributed by atoms with van der Waals surface area (Å²) < 4.78 is 65.4. The number of unbranched alkanes of at least 4 members (excludes halogenated alkanes) is 1. The van der Waals surface area contributed by atoms with Crippen LogP contribution in [0, 0.1) is 0 Å². The van der Waals surface area contributed by atoms with Gasteiger partial charge in [-0.3, -0.25) is 4.57 Å². The smallest absolute Gasteiger partial charge is 0.434 e. The van der Waals surface area contributed by atoms with Crippen LogP contribution < -0.4 is 8.86 Å². The summed E-state index contributed by atoms with van der Waals surface area (Å²) in [6.45, 7) is 4.31. The van der Waals surface area contributed by atoms with E-state index in [9.17, 15) is 21.6 Å². The minimum absolute atomic E-state index is 0.167. The van der Waals surface area contributed by atoms with Gasteiger partial charge in [0.1, 0.15) is 5.82 Å². The number of hydrogen-bond donors (Lipinski definition) is 1. The first kappa shape index (κ1) is 31.6. The number of sulfonamides is 1. The molecule has 0 radical (unpaired) electrons. The fourth-order valence-corrected chi connectivity index (χ4v) is 7.10. The number of nitrogens with one attached hydrogen (secondary N) is 1. The van der Waals surface area contributed by atoms with Crippen LogP contribution in [0.3, 0.4) is 0 Å². The van der Waals surface area contributed by atoms with E-state index < -0.39 is 26.4 Å². The predicted octanol–water partition coefficient (Wildman–Crippen LogP) is 4.28. The second kappa shape index (κ2) is 13.6. The SMILES string of the molecule is CCCCc1nc(SC)c(OC(=O)OCC)n1Cc1ccc(-c2ccccc2S(=O)(=O)NS(=O)(=O)N(C)C)cc1. The average Bonchev–Trinajstić information content (AvgIpc) is 3.23. The lowest BCUT2D eigenvalue weighted by molar-refractivity contribution is 0.0998. The average molecular weight is 611 g/mol. The van der Waals surface area contributed by atoms with Gasteiger partial charge in [0.05, 0.1) is 18.0 Å². The number of nitrogens with zero attached hydrogens (tertiary/aromatic N) is 3. The molecule has 0 bridgehead atoms. The summed E-state index contributed by atoms with van der Waals surface area (Å²) in [5, 5.41) is 0.579. The molecule has 40 heavy (non-hydrogen) atoms. The molecule has 0 aliphatic rings. The molecule has 1 heterocycles. The lowest BCUT2D eigenvalue weighted by Crippen LogP contribution is -2.39. The summed E-state index contributed by atoms with van der Waals surface area (Å²) in [4.78, 5) is 16.7. The zero-order valence-corrected chi connectivity index (χ0v) is 25.5. The molecule has 2 aromatic carbocycles. The van der Waals surface area contributed by atoms with Crippen LogP contribution >= 0.6 is 11.8 Å². The van der Waals surface area contributed by atoms with Crippen molar-refractivity contribution in [3.05, 3.63) is 59.9 Å². The van der Waals surface area contributed by atoms with Crippen LogP contribution in [0.4, 0.5) is 4.79 Å². The van der Waals surface area contributed by atoms with Crippen molar-refractivity contribution in [2.24, 2.45) is 0 Å². The van der Waals surface area contributed by atoms with E-state index in [2.05, 4.69) is 11.9 Å². The number of aromatic nitrogens is 2. The molecule has 0 spiro atoms. The molecule has 0 atom stereocenters. The van der Waals surface area contributed by atoms with E-state index in [1.165, 1.54) is 38.0 Å². The Hall–Kier alpha value is -2.91. The van der Waals surface area contributed by atoms with E-state index in [1.807, 2.05) is 23.0 Å². The van der Waals surface area contributed by atoms with Gasteiger partial charge in [-0.25, -0.2) is 18.2 Å². The normalized spacial score (nSPS) is 12.1. The summed E-state index contributed by atoms with van der Waals surface area (Å²) in [7, 11) is -6.15. The van der Waals surface area contributed by atoms with E-state index >= 15 is 0 Å². The molecule has 3 aromatic rings. The summed E-state index contributed by atoms with van der Waals surface area (Å²) in [5.41, 5.74) is 1.78. The van der Waals surface area contributed by atoms with Gasteiger partial charge < -0.3 is 9.47 Å². The highest BCUT2D eigenvalue weighted by Gasteiger charge is 2.27. The molecule has 1 N–H and O–H groups in total. The molecular formula is C26H34N4O7S3. The molecule has 0 saturated heterocycles. The van der Waals surface area contributed by atoms with Gasteiger partial charge in [-0.2, -0.15) is 12.7 Å². The number of imidazole rings is 1. The molecule has 14 heteroatoms. The molecule has 0 aliphatic heterocycles. The van der Waals surface area contributed by atoms with Crippen LogP contribution in [0.2, 0.25) is 0 Å². The first-order chi connectivity index (χ1) is 18.9. The van der Waals surface area contributed by atoms with E-state index in [1.54, 1.807) is 35.3 Å². The van der Waals surface area contributed by atoms with Crippen molar-refractivity contribution in [2.75, 3.05) is 27.0 Å². The topological polar surface area (TPSA) is 137 Å². The van der Waals surface area contributed by atoms with Crippen molar-refractivity contribution in [1.29, 1.82) is 0 Å². The van der Waals surface area contributed by atoms with Crippen LogP contribution in [0.15, 0.2) is 58.5 Å². The van der Waals surface area contributed by atoms with Gasteiger partial charge in [0.2, 0.25) is 5.88 Å². The number of benzene rings is 2. The second-order valence-corrected chi connectivity index (χ2v) is 13.5. The van der Waals surface area contributed by atoms with Gasteiger partial charge in [-0.05, 0) is 36.8 Å². The van der Waals surface area contributed by atoms with Crippen molar-refractivity contribution in [1.82, 2.24) is 18.0 Å². The van der Waals surface area contributed by atoms with E-state index in [0.29, 0.717) is 35.0 Å². The Balaban J connectivity index is 1.97. The summed E-state index contributed by atoms with van der Waals surface area (Å²) in [6.07, 6.45) is 3.62. The van der Waals surface area contributed by atoms with E-state index in [4.69, 9.17) is 9.47 Å². The van der Waals surface area contributed by atoms with Crippen molar-refractivity contribution in [3.8, 4) is 17.0 Å². The van der Waals surface area contributed by atoms with Crippen LogP contribution in [0.25, 0.3) is 11.1 Å². The quantitative estimate of drug-likeness (QED) is 0.222. The third-order valence-corrected chi connectivity index (χ3v) is 10.1. The van der Waals surface area contributed by atoms with Crippen molar-refractivity contribution >= 4 is 38.1 Å². The van der Waals surface area contributed by atoms with Crippen LogP contribution in [-0.2, 0) is 37.9 Å².